The highest BCUT2D eigenvalue weighted by Crippen LogP contribution is 2.37. The van der Waals surface area contributed by atoms with Gasteiger partial charge in [0.25, 0.3) is 10.9 Å². The highest BCUT2D eigenvalue weighted by Gasteiger charge is 2.26. The van der Waals surface area contributed by atoms with Gasteiger partial charge in [-0.1, -0.05) is 12.5 Å². The molecule has 0 radical (unpaired) electrons. The van der Waals surface area contributed by atoms with E-state index >= 15 is 0 Å². The van der Waals surface area contributed by atoms with Crippen LogP contribution >= 0.6 is 11.8 Å². The molecule has 34 heavy (non-hydrogen) atoms. The van der Waals surface area contributed by atoms with Gasteiger partial charge in [0.15, 0.2) is 0 Å². The van der Waals surface area contributed by atoms with Gasteiger partial charge in [-0.2, -0.15) is 4.31 Å². The van der Waals surface area contributed by atoms with Gasteiger partial charge in [0, 0.05) is 47.4 Å². The summed E-state index contributed by atoms with van der Waals surface area (Å²) < 4.78 is 33.3. The summed E-state index contributed by atoms with van der Waals surface area (Å²) in [6, 6.07) is 11.2. The first-order valence-electron chi connectivity index (χ1n) is 10.6. The Balaban J connectivity index is 1.43. The Hall–Kier alpha value is -3.35. The summed E-state index contributed by atoms with van der Waals surface area (Å²) in [6.07, 6.45) is 5.76. The summed E-state index contributed by atoms with van der Waals surface area (Å²) in [6.45, 7) is 1.04. The number of sulfonamides is 1. The van der Waals surface area contributed by atoms with Crippen molar-refractivity contribution >= 4 is 38.2 Å². The fraction of sp³-hybridized carbons (Fsp3) is 0.227. The van der Waals surface area contributed by atoms with Gasteiger partial charge < -0.3 is 4.42 Å². The number of nitrogens with zero attached hydrogens (tertiary/aromatic N) is 5. The minimum atomic E-state index is -3.59. The number of hydrogen-bond acceptors (Lipinski definition) is 9. The Bertz CT molecular complexity index is 1480. The molecule has 5 rings (SSSR count). The quantitative estimate of drug-likeness (QED) is 0.278. The number of fused-ring (bicyclic) bond motifs is 1. The van der Waals surface area contributed by atoms with Gasteiger partial charge in [0.2, 0.25) is 15.9 Å². The third-order valence-corrected chi connectivity index (χ3v) is 8.40. The predicted molar refractivity (Wildman–Crippen MR) is 125 cm³/mol. The van der Waals surface area contributed by atoms with Gasteiger partial charge in [-0.25, -0.2) is 8.42 Å². The third-order valence-electron chi connectivity index (χ3n) is 5.59. The molecule has 0 bridgehead atoms. The van der Waals surface area contributed by atoms with E-state index in [0.29, 0.717) is 34.3 Å². The molecule has 0 amide bonds. The lowest BCUT2D eigenvalue weighted by atomic mass is 10.1. The second kappa shape index (κ2) is 9.12. The molecule has 0 N–H and O–H groups in total. The van der Waals surface area contributed by atoms with Gasteiger partial charge in [0.05, 0.1) is 15.2 Å². The lowest BCUT2D eigenvalue weighted by Crippen LogP contribution is -2.35. The first-order chi connectivity index (χ1) is 16.4. The molecule has 2 aromatic heterocycles. The van der Waals surface area contributed by atoms with Crippen molar-refractivity contribution in [1.29, 1.82) is 0 Å². The summed E-state index contributed by atoms with van der Waals surface area (Å²) in [5.41, 5.74) is 0.459. The topological polar surface area (TPSA) is 132 Å². The van der Waals surface area contributed by atoms with E-state index in [1.54, 1.807) is 42.6 Å². The molecule has 12 heteroatoms. The Morgan fingerprint density at radius 3 is 2.65 bits per heavy atom. The zero-order chi connectivity index (χ0) is 23.7. The molecule has 0 spiro atoms. The highest BCUT2D eigenvalue weighted by molar-refractivity contribution is 7.99. The Morgan fingerprint density at radius 2 is 1.85 bits per heavy atom. The average molecular weight is 498 g/mol. The van der Waals surface area contributed by atoms with E-state index in [9.17, 15) is 18.5 Å². The van der Waals surface area contributed by atoms with Crippen molar-refractivity contribution in [2.24, 2.45) is 0 Å². The monoisotopic (exact) mass is 497 g/mol. The number of hydrogen-bond donors (Lipinski definition) is 0. The van der Waals surface area contributed by atoms with Crippen molar-refractivity contribution < 1.29 is 17.8 Å². The first-order valence-corrected chi connectivity index (χ1v) is 12.8. The van der Waals surface area contributed by atoms with Crippen LogP contribution in [0.5, 0.6) is 0 Å². The standard InChI is InChI=1S/C22H19N5O5S2/c28-27(29)19-7-8-20(17-9-10-23-14-18(17)19)33-22-25-24-21(32-22)15-5-4-6-16(13-15)34(30,31)26-11-2-1-3-12-26/h4-10,13-14H,1-3,11-12H2. The van der Waals surface area contributed by atoms with Crippen LogP contribution in [0.25, 0.3) is 22.2 Å². The highest BCUT2D eigenvalue weighted by atomic mass is 32.2. The maximum Gasteiger partial charge on any atom is 0.281 e. The maximum absolute atomic E-state index is 13.0. The molecule has 10 nitrogen and oxygen atoms in total. The number of aromatic nitrogens is 3. The SMILES string of the molecule is O=[N+]([O-])c1ccc(Sc2nnc(-c3cccc(S(=O)(=O)N4CCCCC4)c3)o2)c2ccncc12. The van der Waals surface area contributed by atoms with Gasteiger partial charge >= 0.3 is 0 Å². The zero-order valence-electron chi connectivity index (χ0n) is 17.8. The summed E-state index contributed by atoms with van der Waals surface area (Å²) in [4.78, 5) is 15.8. The average Bonchev–Trinajstić information content (AvgIpc) is 3.33. The van der Waals surface area contributed by atoms with E-state index in [1.807, 2.05) is 0 Å². The van der Waals surface area contributed by atoms with Crippen LogP contribution in [0.1, 0.15) is 19.3 Å². The van der Waals surface area contributed by atoms with Crippen LogP contribution in [0.3, 0.4) is 0 Å². The fourth-order valence-electron chi connectivity index (χ4n) is 3.90. The van der Waals surface area contributed by atoms with Gasteiger partial charge in [-0.05, 0) is 54.9 Å². The number of rotatable bonds is 6. The van der Waals surface area contributed by atoms with E-state index in [0.717, 1.165) is 19.3 Å². The lowest BCUT2D eigenvalue weighted by Gasteiger charge is -2.25. The Kier molecular flexibility index (Phi) is 6.02. The minimum Gasteiger partial charge on any atom is -0.411 e. The predicted octanol–water partition coefficient (Wildman–Crippen LogP) is 4.52. The second-order valence-corrected chi connectivity index (χ2v) is 10.7. The van der Waals surface area contributed by atoms with Gasteiger partial charge in [-0.3, -0.25) is 15.1 Å². The van der Waals surface area contributed by atoms with E-state index in [1.165, 1.54) is 28.3 Å². The summed E-state index contributed by atoms with van der Waals surface area (Å²) in [5.74, 6) is 0.186. The molecule has 0 aliphatic carbocycles. The van der Waals surface area contributed by atoms with Crippen LogP contribution in [0, 0.1) is 10.1 Å². The molecular weight excluding hydrogens is 478 g/mol. The number of piperidine rings is 1. The molecular formula is C22H19N5O5S2. The Morgan fingerprint density at radius 1 is 1.03 bits per heavy atom. The fourth-order valence-corrected chi connectivity index (χ4v) is 6.28. The maximum atomic E-state index is 13.0. The van der Waals surface area contributed by atoms with E-state index in [4.69, 9.17) is 4.42 Å². The van der Waals surface area contributed by atoms with E-state index < -0.39 is 14.9 Å². The number of pyridine rings is 1. The first kappa shape index (κ1) is 22.4. The van der Waals surface area contributed by atoms with Crippen LogP contribution in [0.2, 0.25) is 0 Å². The smallest absolute Gasteiger partial charge is 0.281 e. The zero-order valence-corrected chi connectivity index (χ0v) is 19.5. The molecule has 3 heterocycles. The van der Waals surface area contributed by atoms with Crippen LogP contribution < -0.4 is 0 Å². The molecule has 1 aliphatic heterocycles. The molecule has 1 aliphatic rings. The van der Waals surface area contributed by atoms with E-state index in [2.05, 4.69) is 15.2 Å². The number of non-ortho nitro benzene ring substituents is 1. The van der Waals surface area contributed by atoms with Crippen molar-refractivity contribution in [1.82, 2.24) is 19.5 Å². The lowest BCUT2D eigenvalue weighted by molar-refractivity contribution is -0.383. The van der Waals surface area contributed by atoms with Gasteiger partial charge in [0.1, 0.15) is 0 Å². The van der Waals surface area contributed by atoms with E-state index in [-0.39, 0.29) is 21.7 Å². The minimum absolute atomic E-state index is 0.0367. The number of nitro groups is 1. The van der Waals surface area contributed by atoms with Crippen molar-refractivity contribution in [2.75, 3.05) is 13.1 Å². The van der Waals surface area contributed by atoms with Crippen LogP contribution in [0.15, 0.2) is 74.3 Å². The molecule has 174 valence electrons. The van der Waals surface area contributed by atoms with Gasteiger partial charge in [-0.15, -0.1) is 10.2 Å². The van der Waals surface area contributed by atoms with Crippen LogP contribution in [-0.4, -0.2) is 45.9 Å². The van der Waals surface area contributed by atoms with Crippen molar-refractivity contribution in [3.8, 4) is 11.5 Å². The van der Waals surface area contributed by atoms with Crippen molar-refractivity contribution in [2.45, 2.75) is 34.3 Å². The normalized spacial score (nSPS) is 14.9. The summed E-state index contributed by atoms with van der Waals surface area (Å²) in [5, 5.41) is 20.8. The molecule has 0 saturated carbocycles. The molecule has 0 atom stereocenters. The summed E-state index contributed by atoms with van der Waals surface area (Å²) in [7, 11) is -3.59. The largest absolute Gasteiger partial charge is 0.411 e. The molecule has 0 unspecified atom stereocenters. The van der Waals surface area contributed by atoms with Crippen molar-refractivity contribution in [3.05, 3.63) is 65.0 Å². The molecule has 2 aromatic carbocycles. The van der Waals surface area contributed by atoms with Crippen molar-refractivity contribution in [3.63, 3.8) is 0 Å². The summed E-state index contributed by atoms with van der Waals surface area (Å²) >= 11 is 1.17. The molecule has 4 aromatic rings. The number of benzene rings is 2. The van der Waals surface area contributed by atoms with Crippen LogP contribution in [-0.2, 0) is 10.0 Å². The number of nitro benzene ring substituents is 1. The Labute approximate surface area is 199 Å². The second-order valence-electron chi connectivity index (χ2n) is 7.73. The van der Waals surface area contributed by atoms with Crippen LogP contribution in [0.4, 0.5) is 5.69 Å². The third kappa shape index (κ3) is 4.27. The molecule has 1 saturated heterocycles. The molecule has 1 fully saturated rings.